The van der Waals surface area contributed by atoms with Crippen molar-refractivity contribution in [2.24, 2.45) is 0 Å². The van der Waals surface area contributed by atoms with Gasteiger partial charge in [0.05, 0.1) is 6.10 Å². The monoisotopic (exact) mass is 214 g/mol. The Hall–Kier alpha value is -0.610. The first-order valence-electron chi connectivity index (χ1n) is 5.75. The van der Waals surface area contributed by atoms with Gasteiger partial charge in [-0.3, -0.25) is 4.79 Å². The summed E-state index contributed by atoms with van der Waals surface area (Å²) in [6.45, 7) is 3.75. The second kappa shape index (κ2) is 6.80. The molecule has 1 atom stereocenters. The topological polar surface area (TPSA) is 50.4 Å². The van der Waals surface area contributed by atoms with E-state index in [4.69, 9.17) is 4.74 Å². The zero-order valence-electron chi connectivity index (χ0n) is 9.71. The minimum absolute atomic E-state index is 0.194. The highest BCUT2D eigenvalue weighted by atomic mass is 16.5. The van der Waals surface area contributed by atoms with Gasteiger partial charge in [-0.1, -0.05) is 0 Å². The fraction of sp³-hybridized carbons (Fsp3) is 0.909. The van der Waals surface area contributed by atoms with Crippen molar-refractivity contribution >= 4 is 5.91 Å². The Labute approximate surface area is 91.8 Å². The smallest absolute Gasteiger partial charge is 0.220 e. The van der Waals surface area contributed by atoms with Crippen molar-refractivity contribution in [3.8, 4) is 0 Å². The largest absolute Gasteiger partial charge is 0.380 e. The van der Waals surface area contributed by atoms with Gasteiger partial charge in [0, 0.05) is 26.1 Å². The van der Waals surface area contributed by atoms with E-state index < -0.39 is 0 Å². The summed E-state index contributed by atoms with van der Waals surface area (Å²) in [5, 5.41) is 6.23. The fourth-order valence-electron chi connectivity index (χ4n) is 1.29. The van der Waals surface area contributed by atoms with E-state index in [2.05, 4.69) is 10.6 Å². The maximum absolute atomic E-state index is 11.3. The second-order valence-corrected chi connectivity index (χ2v) is 4.20. The molecule has 1 aliphatic carbocycles. The van der Waals surface area contributed by atoms with Crippen LogP contribution in [0.1, 0.15) is 32.6 Å². The molecule has 0 radical (unpaired) electrons. The molecule has 0 bridgehead atoms. The Morgan fingerprint density at radius 1 is 1.53 bits per heavy atom. The lowest BCUT2D eigenvalue weighted by Crippen LogP contribution is -2.29. The van der Waals surface area contributed by atoms with Crippen molar-refractivity contribution in [1.29, 1.82) is 0 Å². The number of hydrogen-bond donors (Lipinski definition) is 2. The summed E-state index contributed by atoms with van der Waals surface area (Å²) >= 11 is 0. The van der Waals surface area contributed by atoms with E-state index in [-0.39, 0.29) is 12.0 Å². The van der Waals surface area contributed by atoms with Gasteiger partial charge in [-0.2, -0.15) is 0 Å². The van der Waals surface area contributed by atoms with Crippen LogP contribution in [0.5, 0.6) is 0 Å². The third kappa shape index (κ3) is 6.47. The zero-order valence-corrected chi connectivity index (χ0v) is 9.71. The Morgan fingerprint density at radius 2 is 2.27 bits per heavy atom. The van der Waals surface area contributed by atoms with Crippen LogP contribution >= 0.6 is 0 Å². The number of nitrogens with one attached hydrogen (secondary N) is 2. The maximum Gasteiger partial charge on any atom is 0.220 e. The molecule has 0 aromatic rings. The first kappa shape index (κ1) is 12.5. The molecule has 15 heavy (non-hydrogen) atoms. The summed E-state index contributed by atoms with van der Waals surface area (Å²) in [5.41, 5.74) is 0. The van der Waals surface area contributed by atoms with Crippen molar-refractivity contribution in [2.45, 2.75) is 44.8 Å². The first-order valence-corrected chi connectivity index (χ1v) is 5.75. The molecule has 1 fully saturated rings. The van der Waals surface area contributed by atoms with Crippen LogP contribution in [0.2, 0.25) is 0 Å². The minimum Gasteiger partial charge on any atom is -0.380 e. The third-order valence-corrected chi connectivity index (χ3v) is 2.53. The molecular weight excluding hydrogens is 192 g/mol. The van der Waals surface area contributed by atoms with Crippen molar-refractivity contribution in [1.82, 2.24) is 10.6 Å². The minimum atomic E-state index is 0.194. The average Bonchev–Trinajstić information content (AvgIpc) is 3.00. The third-order valence-electron chi connectivity index (χ3n) is 2.53. The average molecular weight is 214 g/mol. The molecular formula is C11H22N2O2. The Balaban J connectivity index is 1.85. The number of ether oxygens (including phenoxy) is 1. The number of hydrogen-bond acceptors (Lipinski definition) is 3. The van der Waals surface area contributed by atoms with Gasteiger partial charge in [0.1, 0.15) is 0 Å². The van der Waals surface area contributed by atoms with Crippen molar-refractivity contribution in [3.05, 3.63) is 0 Å². The summed E-state index contributed by atoms with van der Waals surface area (Å²) in [4.78, 5) is 11.3. The highest BCUT2D eigenvalue weighted by Gasteiger charge is 2.22. The molecule has 1 unspecified atom stereocenters. The van der Waals surface area contributed by atoms with Crippen LogP contribution in [0, 0.1) is 0 Å². The molecule has 4 nitrogen and oxygen atoms in total. The number of methoxy groups -OCH3 is 1. The van der Waals surface area contributed by atoms with E-state index in [1.165, 1.54) is 0 Å². The zero-order chi connectivity index (χ0) is 11.1. The van der Waals surface area contributed by atoms with Crippen LogP contribution in [0.4, 0.5) is 0 Å². The van der Waals surface area contributed by atoms with Gasteiger partial charge in [-0.25, -0.2) is 0 Å². The second-order valence-electron chi connectivity index (χ2n) is 4.20. The fourth-order valence-corrected chi connectivity index (χ4v) is 1.29. The van der Waals surface area contributed by atoms with Gasteiger partial charge < -0.3 is 15.4 Å². The first-order chi connectivity index (χ1) is 7.22. The molecule has 0 heterocycles. The van der Waals surface area contributed by atoms with Gasteiger partial charge >= 0.3 is 0 Å². The molecule has 0 aromatic heterocycles. The highest BCUT2D eigenvalue weighted by molar-refractivity contribution is 5.76. The van der Waals surface area contributed by atoms with Gasteiger partial charge in [0.15, 0.2) is 0 Å². The van der Waals surface area contributed by atoms with E-state index in [1.807, 2.05) is 6.92 Å². The summed E-state index contributed by atoms with van der Waals surface area (Å²) in [6.07, 6.45) is 4.09. The summed E-state index contributed by atoms with van der Waals surface area (Å²) in [5.74, 6) is 0.194. The van der Waals surface area contributed by atoms with Gasteiger partial charge in [0.2, 0.25) is 5.91 Å². The van der Waals surface area contributed by atoms with E-state index in [1.54, 1.807) is 7.11 Å². The van der Waals surface area contributed by atoms with Gasteiger partial charge in [-0.15, -0.1) is 0 Å². The van der Waals surface area contributed by atoms with Crippen LogP contribution < -0.4 is 10.6 Å². The van der Waals surface area contributed by atoms with Crippen molar-refractivity contribution in [3.63, 3.8) is 0 Å². The lowest BCUT2D eigenvalue weighted by Gasteiger charge is -2.10. The Morgan fingerprint density at radius 3 is 2.87 bits per heavy atom. The molecule has 0 saturated heterocycles. The number of carbonyl (C=O) groups excluding carboxylic acids is 1. The predicted molar refractivity (Wildman–Crippen MR) is 59.7 cm³/mol. The molecule has 1 saturated carbocycles. The molecule has 0 aromatic carbocycles. The molecule has 1 amide bonds. The normalized spacial score (nSPS) is 17.5. The maximum atomic E-state index is 11.3. The van der Waals surface area contributed by atoms with Crippen LogP contribution in [0.15, 0.2) is 0 Å². The molecule has 88 valence electrons. The van der Waals surface area contributed by atoms with E-state index in [9.17, 15) is 4.79 Å². The van der Waals surface area contributed by atoms with E-state index in [0.717, 1.165) is 32.4 Å². The lowest BCUT2D eigenvalue weighted by molar-refractivity contribution is -0.121. The summed E-state index contributed by atoms with van der Waals surface area (Å²) in [7, 11) is 1.70. The molecule has 1 rings (SSSR count). The van der Waals surface area contributed by atoms with E-state index >= 15 is 0 Å². The lowest BCUT2D eigenvalue weighted by atomic mass is 10.3. The van der Waals surface area contributed by atoms with Crippen LogP contribution in [-0.2, 0) is 9.53 Å². The molecule has 4 heteroatoms. The molecule has 2 N–H and O–H groups in total. The van der Waals surface area contributed by atoms with Crippen LogP contribution in [0.25, 0.3) is 0 Å². The number of carbonyl (C=O) groups is 1. The molecule has 0 aliphatic heterocycles. The van der Waals surface area contributed by atoms with E-state index in [0.29, 0.717) is 12.5 Å². The van der Waals surface area contributed by atoms with Gasteiger partial charge in [-0.05, 0) is 32.7 Å². The van der Waals surface area contributed by atoms with Crippen LogP contribution in [-0.4, -0.2) is 38.3 Å². The Bertz CT molecular complexity index is 193. The molecule has 0 spiro atoms. The summed E-state index contributed by atoms with van der Waals surface area (Å²) in [6, 6.07) is 0.485. The highest BCUT2D eigenvalue weighted by Crippen LogP contribution is 2.18. The quantitative estimate of drug-likeness (QED) is 0.584. The van der Waals surface area contributed by atoms with Crippen molar-refractivity contribution in [2.75, 3.05) is 20.2 Å². The Kier molecular flexibility index (Phi) is 5.65. The SMILES string of the molecule is COC(C)CNCCCC(=O)NC1CC1. The number of amides is 1. The molecule has 1 aliphatic rings. The predicted octanol–water partition coefficient (Wildman–Crippen LogP) is 0.670. The van der Waals surface area contributed by atoms with Crippen molar-refractivity contribution < 1.29 is 9.53 Å². The van der Waals surface area contributed by atoms with Crippen LogP contribution in [0.3, 0.4) is 0 Å². The summed E-state index contributed by atoms with van der Waals surface area (Å²) < 4.78 is 5.10. The number of rotatable bonds is 8. The van der Waals surface area contributed by atoms with Gasteiger partial charge in [0.25, 0.3) is 0 Å². The standard InChI is InChI=1S/C11H22N2O2/c1-9(15-2)8-12-7-3-4-11(14)13-10-5-6-10/h9-10,12H,3-8H2,1-2H3,(H,13,14).